The number of carbonyl (C=O) groups is 1. The highest BCUT2D eigenvalue weighted by atomic mass is 16.5. The number of rotatable bonds is 3. The zero-order valence-electron chi connectivity index (χ0n) is 12.7. The van der Waals surface area contributed by atoms with E-state index in [-0.39, 0.29) is 0 Å². The summed E-state index contributed by atoms with van der Waals surface area (Å²) in [6, 6.07) is 7.74. The van der Waals surface area contributed by atoms with Crippen molar-refractivity contribution in [2.75, 3.05) is 24.8 Å². The van der Waals surface area contributed by atoms with E-state index in [9.17, 15) is 4.79 Å². The van der Waals surface area contributed by atoms with Gasteiger partial charge in [-0.2, -0.15) is 0 Å². The van der Waals surface area contributed by atoms with E-state index in [2.05, 4.69) is 11.1 Å². The van der Waals surface area contributed by atoms with Gasteiger partial charge in [-0.05, 0) is 43.2 Å². The number of aromatic nitrogens is 1. The molecule has 0 radical (unpaired) electrons. The lowest BCUT2D eigenvalue weighted by Gasteiger charge is -2.21. The van der Waals surface area contributed by atoms with Gasteiger partial charge < -0.3 is 15.4 Å². The third-order valence-electron chi connectivity index (χ3n) is 3.20. The van der Waals surface area contributed by atoms with Crippen molar-refractivity contribution in [1.29, 1.82) is 0 Å². The van der Waals surface area contributed by atoms with Gasteiger partial charge in [-0.1, -0.05) is 6.07 Å². The third-order valence-corrected chi connectivity index (χ3v) is 3.20. The van der Waals surface area contributed by atoms with E-state index in [1.807, 2.05) is 37.9 Å². The maximum Gasteiger partial charge on any atom is 0.341 e. The first-order valence-corrected chi connectivity index (χ1v) is 6.58. The average molecular weight is 285 g/mol. The summed E-state index contributed by atoms with van der Waals surface area (Å²) in [6.07, 6.45) is 1.53. The minimum Gasteiger partial charge on any atom is -0.465 e. The highest BCUT2D eigenvalue weighted by molar-refractivity contribution is 5.96. The number of nitrogens with zero attached hydrogens (tertiary/aromatic N) is 2. The van der Waals surface area contributed by atoms with Gasteiger partial charge in [-0.25, -0.2) is 9.78 Å². The molecule has 2 rings (SSSR count). The molecule has 1 heterocycles. The van der Waals surface area contributed by atoms with Crippen LogP contribution < -0.4 is 10.6 Å². The molecule has 0 aliphatic carbocycles. The van der Waals surface area contributed by atoms with Crippen molar-refractivity contribution in [3.05, 3.63) is 47.2 Å². The van der Waals surface area contributed by atoms with E-state index >= 15 is 0 Å². The van der Waals surface area contributed by atoms with Gasteiger partial charge in [0.2, 0.25) is 0 Å². The minimum absolute atomic E-state index is 0.346. The molecular formula is C16H19N3O2. The predicted molar refractivity (Wildman–Crippen MR) is 84.0 cm³/mol. The summed E-state index contributed by atoms with van der Waals surface area (Å²) in [5, 5.41) is 0. The summed E-state index contributed by atoms with van der Waals surface area (Å²) >= 11 is 0. The van der Waals surface area contributed by atoms with Crippen LogP contribution >= 0.6 is 0 Å². The highest BCUT2D eigenvalue weighted by Gasteiger charge is 2.18. The standard InChI is InChI=1S/C16H19N3O2/c1-10-5-11(2)7-13(6-10)19(3)15-14(16(20)21-4)8-12(17)9-18-15/h5-9H,17H2,1-4H3. The lowest BCUT2D eigenvalue weighted by Crippen LogP contribution is -2.17. The van der Waals surface area contributed by atoms with Crippen LogP contribution in [0.1, 0.15) is 21.5 Å². The van der Waals surface area contributed by atoms with Gasteiger partial charge in [0.1, 0.15) is 11.4 Å². The fraction of sp³-hybridized carbons (Fsp3) is 0.250. The number of pyridine rings is 1. The summed E-state index contributed by atoms with van der Waals surface area (Å²) in [7, 11) is 3.20. The van der Waals surface area contributed by atoms with Gasteiger partial charge in [0.15, 0.2) is 0 Å². The number of aryl methyl sites for hydroxylation is 2. The molecule has 0 amide bonds. The van der Waals surface area contributed by atoms with E-state index in [0.717, 1.165) is 16.8 Å². The number of hydrogen-bond donors (Lipinski definition) is 1. The first kappa shape index (κ1) is 14.8. The van der Waals surface area contributed by atoms with Crippen LogP contribution in [0.2, 0.25) is 0 Å². The van der Waals surface area contributed by atoms with E-state index in [0.29, 0.717) is 17.1 Å². The Morgan fingerprint density at radius 2 is 1.81 bits per heavy atom. The van der Waals surface area contributed by atoms with Crippen LogP contribution in [0.4, 0.5) is 17.2 Å². The van der Waals surface area contributed by atoms with Gasteiger partial charge in [0, 0.05) is 12.7 Å². The number of carbonyl (C=O) groups excluding carboxylic acids is 1. The average Bonchev–Trinajstić information content (AvgIpc) is 2.44. The maximum absolute atomic E-state index is 11.9. The molecule has 110 valence electrons. The molecule has 21 heavy (non-hydrogen) atoms. The Balaban J connectivity index is 2.52. The van der Waals surface area contributed by atoms with Gasteiger partial charge >= 0.3 is 5.97 Å². The molecule has 0 aliphatic heterocycles. The first-order chi connectivity index (χ1) is 9.92. The van der Waals surface area contributed by atoms with E-state index in [1.54, 1.807) is 6.07 Å². The van der Waals surface area contributed by atoms with Crippen molar-refractivity contribution >= 4 is 23.2 Å². The Morgan fingerprint density at radius 3 is 2.38 bits per heavy atom. The summed E-state index contributed by atoms with van der Waals surface area (Å²) in [6.45, 7) is 4.06. The topological polar surface area (TPSA) is 68.5 Å². The Morgan fingerprint density at radius 1 is 1.19 bits per heavy atom. The molecule has 0 bridgehead atoms. The molecule has 2 N–H and O–H groups in total. The maximum atomic E-state index is 11.9. The van der Waals surface area contributed by atoms with E-state index in [1.165, 1.54) is 13.3 Å². The number of benzene rings is 1. The quantitative estimate of drug-likeness (QED) is 0.878. The van der Waals surface area contributed by atoms with Crippen molar-refractivity contribution in [2.45, 2.75) is 13.8 Å². The van der Waals surface area contributed by atoms with Gasteiger partial charge in [0.25, 0.3) is 0 Å². The molecule has 0 aliphatic rings. The Kier molecular flexibility index (Phi) is 4.12. The van der Waals surface area contributed by atoms with E-state index < -0.39 is 5.97 Å². The molecular weight excluding hydrogens is 266 g/mol. The largest absolute Gasteiger partial charge is 0.465 e. The van der Waals surface area contributed by atoms with Crippen LogP contribution in [0.5, 0.6) is 0 Å². The number of nitrogens with two attached hydrogens (primary N) is 1. The number of hydrogen-bond acceptors (Lipinski definition) is 5. The Hall–Kier alpha value is -2.56. The second-order valence-corrected chi connectivity index (χ2v) is 5.04. The van der Waals surface area contributed by atoms with Crippen molar-refractivity contribution < 1.29 is 9.53 Å². The molecule has 0 saturated heterocycles. The number of anilines is 3. The van der Waals surface area contributed by atoms with Gasteiger partial charge in [-0.3, -0.25) is 0 Å². The second-order valence-electron chi connectivity index (χ2n) is 5.04. The molecule has 2 aromatic rings. The first-order valence-electron chi connectivity index (χ1n) is 6.58. The van der Waals surface area contributed by atoms with Crippen LogP contribution in [0.3, 0.4) is 0 Å². The van der Waals surface area contributed by atoms with Crippen LogP contribution in [-0.4, -0.2) is 25.1 Å². The molecule has 0 spiro atoms. The zero-order valence-corrected chi connectivity index (χ0v) is 12.7. The highest BCUT2D eigenvalue weighted by Crippen LogP contribution is 2.28. The van der Waals surface area contributed by atoms with Crippen molar-refractivity contribution in [3.63, 3.8) is 0 Å². The number of esters is 1. The monoisotopic (exact) mass is 285 g/mol. The fourth-order valence-electron chi connectivity index (χ4n) is 2.27. The Labute approximate surface area is 124 Å². The van der Waals surface area contributed by atoms with Gasteiger partial charge in [-0.15, -0.1) is 0 Å². The van der Waals surface area contributed by atoms with Crippen LogP contribution in [0.15, 0.2) is 30.5 Å². The molecule has 5 heteroatoms. The number of nitrogen functional groups attached to an aromatic ring is 1. The summed E-state index contributed by atoms with van der Waals surface area (Å²) < 4.78 is 4.80. The van der Waals surface area contributed by atoms with E-state index in [4.69, 9.17) is 10.5 Å². The zero-order chi connectivity index (χ0) is 15.6. The predicted octanol–water partition coefficient (Wildman–Crippen LogP) is 2.84. The SMILES string of the molecule is COC(=O)c1cc(N)cnc1N(C)c1cc(C)cc(C)c1. The molecule has 0 unspecified atom stereocenters. The molecule has 5 nitrogen and oxygen atoms in total. The third kappa shape index (κ3) is 3.13. The number of methoxy groups -OCH3 is 1. The summed E-state index contributed by atoms with van der Waals surface area (Å²) in [5.41, 5.74) is 9.73. The fourth-order valence-corrected chi connectivity index (χ4v) is 2.27. The molecule has 1 aromatic carbocycles. The molecule has 1 aromatic heterocycles. The van der Waals surface area contributed by atoms with Crippen molar-refractivity contribution in [1.82, 2.24) is 4.98 Å². The summed E-state index contributed by atoms with van der Waals surface area (Å²) in [4.78, 5) is 18.0. The smallest absolute Gasteiger partial charge is 0.341 e. The lowest BCUT2D eigenvalue weighted by molar-refractivity contribution is 0.0601. The molecule has 0 atom stereocenters. The summed E-state index contributed by atoms with van der Waals surface area (Å²) in [5.74, 6) is 0.0575. The molecule has 0 saturated carbocycles. The van der Waals surface area contributed by atoms with Crippen LogP contribution in [-0.2, 0) is 4.74 Å². The number of ether oxygens (including phenoxy) is 1. The van der Waals surface area contributed by atoms with Crippen molar-refractivity contribution in [2.24, 2.45) is 0 Å². The van der Waals surface area contributed by atoms with Crippen LogP contribution in [0.25, 0.3) is 0 Å². The van der Waals surface area contributed by atoms with Crippen LogP contribution in [0, 0.1) is 13.8 Å². The van der Waals surface area contributed by atoms with Gasteiger partial charge in [0.05, 0.1) is 19.0 Å². The lowest BCUT2D eigenvalue weighted by atomic mass is 10.1. The van der Waals surface area contributed by atoms with Crippen molar-refractivity contribution in [3.8, 4) is 0 Å². The molecule has 0 fully saturated rings. The second kappa shape index (κ2) is 5.83. The normalized spacial score (nSPS) is 10.3. The minimum atomic E-state index is -0.457. The Bertz CT molecular complexity index is 663.